The molecule has 25 heavy (non-hydrogen) atoms. The van der Waals surface area contributed by atoms with E-state index in [9.17, 15) is 0 Å². The Morgan fingerprint density at radius 3 is 2.88 bits per heavy atom. The monoisotopic (exact) mass is 358 g/mol. The Kier molecular flexibility index (Phi) is 4.75. The van der Waals surface area contributed by atoms with Crippen LogP contribution in [0.1, 0.15) is 30.5 Å². The number of aromatic nitrogens is 6. The zero-order valence-electron chi connectivity index (χ0n) is 13.8. The van der Waals surface area contributed by atoms with Crippen molar-refractivity contribution in [2.75, 3.05) is 13.7 Å². The summed E-state index contributed by atoms with van der Waals surface area (Å²) >= 11 is 1.54. The van der Waals surface area contributed by atoms with Gasteiger partial charge in [0.25, 0.3) is 0 Å². The summed E-state index contributed by atoms with van der Waals surface area (Å²) in [7, 11) is 1.68. The maximum absolute atomic E-state index is 5.30. The molecule has 0 aliphatic heterocycles. The molecule has 3 heterocycles. The zero-order valence-corrected chi connectivity index (χ0v) is 14.6. The van der Waals surface area contributed by atoms with Crippen LogP contribution in [0.2, 0.25) is 0 Å². The minimum atomic E-state index is 0.467. The number of pyridine rings is 1. The summed E-state index contributed by atoms with van der Waals surface area (Å²) in [6.45, 7) is 1.25. The summed E-state index contributed by atoms with van der Waals surface area (Å²) in [6, 6.07) is 3.84. The molecular formula is C16H18N6O2S. The number of ether oxygens (including phenoxy) is 1. The van der Waals surface area contributed by atoms with Gasteiger partial charge in [-0.2, -0.15) is 4.98 Å². The van der Waals surface area contributed by atoms with Crippen molar-refractivity contribution in [3.63, 3.8) is 0 Å². The number of thioether (sulfide) groups is 1. The highest BCUT2D eigenvalue weighted by molar-refractivity contribution is 7.98. The Bertz CT molecular complexity index is 830. The van der Waals surface area contributed by atoms with E-state index in [-0.39, 0.29) is 0 Å². The van der Waals surface area contributed by atoms with Crippen LogP contribution >= 0.6 is 11.8 Å². The van der Waals surface area contributed by atoms with Crippen LogP contribution in [0.25, 0.3) is 11.4 Å². The lowest BCUT2D eigenvalue weighted by atomic mass is 10.2. The van der Waals surface area contributed by atoms with E-state index in [1.165, 1.54) is 0 Å². The van der Waals surface area contributed by atoms with E-state index in [2.05, 4.69) is 25.3 Å². The third-order valence-corrected chi connectivity index (χ3v) is 4.88. The molecule has 0 atom stereocenters. The number of hydrogen-bond acceptors (Lipinski definition) is 8. The molecule has 1 saturated carbocycles. The van der Waals surface area contributed by atoms with Crippen LogP contribution in [0.5, 0.6) is 0 Å². The highest BCUT2D eigenvalue weighted by Gasteiger charge is 2.29. The van der Waals surface area contributed by atoms with Crippen molar-refractivity contribution in [2.45, 2.75) is 36.2 Å². The van der Waals surface area contributed by atoms with Gasteiger partial charge in [0.1, 0.15) is 0 Å². The molecule has 0 spiro atoms. The molecule has 0 unspecified atom stereocenters. The van der Waals surface area contributed by atoms with Gasteiger partial charge in [-0.25, -0.2) is 0 Å². The molecule has 1 fully saturated rings. The molecule has 4 rings (SSSR count). The summed E-state index contributed by atoms with van der Waals surface area (Å²) in [5.74, 6) is 3.31. The SMILES string of the molecule is COCCn1c(SCc2noc(C3CC3)n2)nnc1-c1ccncc1. The van der Waals surface area contributed by atoms with Crippen molar-refractivity contribution >= 4 is 11.8 Å². The van der Waals surface area contributed by atoms with Crippen LogP contribution in [0.15, 0.2) is 34.2 Å². The second-order valence-corrected chi connectivity index (χ2v) is 6.74. The maximum Gasteiger partial charge on any atom is 0.229 e. The Morgan fingerprint density at radius 1 is 1.28 bits per heavy atom. The standard InChI is InChI=1S/C16H18N6O2S/c1-23-9-8-22-14(11-4-6-17-7-5-11)19-20-16(22)25-10-13-18-15(24-21-13)12-2-3-12/h4-7,12H,2-3,8-10H2,1H3. The predicted octanol–water partition coefficient (Wildman–Crippen LogP) is 2.54. The minimum Gasteiger partial charge on any atom is -0.383 e. The molecular weight excluding hydrogens is 340 g/mol. The topological polar surface area (TPSA) is 91.8 Å². The van der Waals surface area contributed by atoms with Crippen molar-refractivity contribution < 1.29 is 9.26 Å². The molecule has 8 nitrogen and oxygen atoms in total. The Labute approximate surface area is 149 Å². The Hall–Kier alpha value is -2.26. The Balaban J connectivity index is 1.52. The van der Waals surface area contributed by atoms with Crippen molar-refractivity contribution in [2.24, 2.45) is 0 Å². The first kappa shape index (κ1) is 16.2. The molecule has 0 amide bonds. The lowest BCUT2D eigenvalue weighted by Gasteiger charge is -2.08. The fourth-order valence-corrected chi connectivity index (χ4v) is 3.25. The van der Waals surface area contributed by atoms with E-state index in [1.807, 2.05) is 16.7 Å². The first-order chi connectivity index (χ1) is 12.3. The molecule has 3 aromatic rings. The molecule has 0 bridgehead atoms. The molecule has 9 heteroatoms. The molecule has 1 aliphatic carbocycles. The lowest BCUT2D eigenvalue weighted by molar-refractivity contribution is 0.185. The van der Waals surface area contributed by atoms with Crippen LogP contribution in [0.4, 0.5) is 0 Å². The molecule has 0 N–H and O–H groups in total. The summed E-state index contributed by atoms with van der Waals surface area (Å²) in [6.07, 6.45) is 5.79. The highest BCUT2D eigenvalue weighted by Crippen LogP contribution is 2.39. The molecule has 130 valence electrons. The maximum atomic E-state index is 5.30. The molecule has 1 aliphatic rings. The summed E-state index contributed by atoms with van der Waals surface area (Å²) in [5.41, 5.74) is 0.973. The first-order valence-electron chi connectivity index (χ1n) is 8.13. The van der Waals surface area contributed by atoms with Gasteiger partial charge in [0.05, 0.1) is 18.9 Å². The van der Waals surface area contributed by atoms with Crippen molar-refractivity contribution in [1.29, 1.82) is 0 Å². The lowest BCUT2D eigenvalue weighted by Crippen LogP contribution is -2.07. The van der Waals surface area contributed by atoms with E-state index in [1.54, 1.807) is 31.3 Å². The van der Waals surface area contributed by atoms with Gasteiger partial charge in [0, 0.05) is 31.0 Å². The fourth-order valence-electron chi connectivity index (χ4n) is 2.45. The van der Waals surface area contributed by atoms with Gasteiger partial charge in [-0.05, 0) is 25.0 Å². The average molecular weight is 358 g/mol. The number of methoxy groups -OCH3 is 1. The number of hydrogen-bond donors (Lipinski definition) is 0. The van der Waals surface area contributed by atoms with Crippen LogP contribution in [0, 0.1) is 0 Å². The van der Waals surface area contributed by atoms with Gasteiger partial charge in [0.2, 0.25) is 5.89 Å². The fraction of sp³-hybridized carbons (Fsp3) is 0.438. The zero-order chi connectivity index (χ0) is 17.1. The van der Waals surface area contributed by atoms with Crippen molar-refractivity contribution in [3.8, 4) is 11.4 Å². The molecule has 0 radical (unpaired) electrons. The quantitative estimate of drug-likeness (QED) is 0.567. The van der Waals surface area contributed by atoms with E-state index >= 15 is 0 Å². The van der Waals surface area contributed by atoms with Crippen LogP contribution < -0.4 is 0 Å². The van der Waals surface area contributed by atoms with Gasteiger partial charge >= 0.3 is 0 Å². The summed E-state index contributed by atoms with van der Waals surface area (Å²) < 4.78 is 12.6. The van der Waals surface area contributed by atoms with Gasteiger partial charge in [-0.15, -0.1) is 10.2 Å². The van der Waals surface area contributed by atoms with Crippen molar-refractivity contribution in [3.05, 3.63) is 36.2 Å². The van der Waals surface area contributed by atoms with E-state index < -0.39 is 0 Å². The molecule has 0 saturated heterocycles. The number of nitrogens with zero attached hydrogens (tertiary/aromatic N) is 6. The second kappa shape index (κ2) is 7.32. The van der Waals surface area contributed by atoms with Crippen LogP contribution in [0.3, 0.4) is 0 Å². The highest BCUT2D eigenvalue weighted by atomic mass is 32.2. The van der Waals surface area contributed by atoms with E-state index in [0.717, 1.165) is 35.3 Å². The van der Waals surface area contributed by atoms with Gasteiger partial charge in [-0.3, -0.25) is 9.55 Å². The van der Waals surface area contributed by atoms with Gasteiger partial charge < -0.3 is 9.26 Å². The van der Waals surface area contributed by atoms with Crippen LogP contribution in [-0.4, -0.2) is 43.6 Å². The van der Waals surface area contributed by atoms with E-state index in [4.69, 9.17) is 9.26 Å². The smallest absolute Gasteiger partial charge is 0.229 e. The largest absolute Gasteiger partial charge is 0.383 e. The Morgan fingerprint density at radius 2 is 2.12 bits per heavy atom. The summed E-state index contributed by atoms with van der Waals surface area (Å²) in [5, 5.41) is 13.5. The van der Waals surface area contributed by atoms with Gasteiger partial charge in [0.15, 0.2) is 16.8 Å². The molecule has 3 aromatic heterocycles. The van der Waals surface area contributed by atoms with Crippen molar-refractivity contribution in [1.82, 2.24) is 29.9 Å². The predicted molar refractivity (Wildman–Crippen MR) is 91.0 cm³/mol. The van der Waals surface area contributed by atoms with Gasteiger partial charge in [-0.1, -0.05) is 16.9 Å². The second-order valence-electron chi connectivity index (χ2n) is 5.80. The first-order valence-corrected chi connectivity index (χ1v) is 9.11. The third kappa shape index (κ3) is 3.72. The summed E-state index contributed by atoms with van der Waals surface area (Å²) in [4.78, 5) is 8.51. The molecule has 0 aromatic carbocycles. The van der Waals surface area contributed by atoms with Crippen LogP contribution in [-0.2, 0) is 17.0 Å². The normalized spacial score (nSPS) is 14.1. The van der Waals surface area contributed by atoms with E-state index in [0.29, 0.717) is 30.6 Å². The minimum absolute atomic E-state index is 0.467. The third-order valence-electron chi connectivity index (χ3n) is 3.92. The number of rotatable bonds is 8. The average Bonchev–Trinajstić information content (AvgIpc) is 3.26.